The minimum atomic E-state index is -0.167. The first-order chi connectivity index (χ1) is 10.1. The van der Waals surface area contributed by atoms with Crippen molar-refractivity contribution in [3.63, 3.8) is 0 Å². The molecule has 0 aliphatic rings. The van der Waals surface area contributed by atoms with E-state index >= 15 is 0 Å². The number of rotatable bonds is 5. The predicted molar refractivity (Wildman–Crippen MR) is 88.1 cm³/mol. The van der Waals surface area contributed by atoms with Crippen LogP contribution in [0.15, 0.2) is 53.4 Å². The third kappa shape index (κ3) is 4.53. The maximum Gasteiger partial charge on any atom is 0.237 e. The Hall–Kier alpha value is -1.94. The van der Waals surface area contributed by atoms with E-state index in [4.69, 9.17) is 4.74 Å². The third-order valence-electron chi connectivity index (χ3n) is 3.06. The lowest BCUT2D eigenvalue weighted by atomic mass is 10.2. The topological polar surface area (TPSA) is 38.3 Å². The molecule has 1 atom stereocenters. The van der Waals surface area contributed by atoms with Crippen molar-refractivity contribution < 1.29 is 9.53 Å². The molecule has 0 aliphatic carbocycles. The van der Waals surface area contributed by atoms with Crippen LogP contribution in [0.1, 0.15) is 12.5 Å². The van der Waals surface area contributed by atoms with Gasteiger partial charge < -0.3 is 10.1 Å². The summed E-state index contributed by atoms with van der Waals surface area (Å²) in [6.45, 7) is 3.92. The van der Waals surface area contributed by atoms with Crippen molar-refractivity contribution in [1.82, 2.24) is 0 Å². The van der Waals surface area contributed by atoms with Gasteiger partial charge in [0.1, 0.15) is 5.75 Å². The second kappa shape index (κ2) is 7.18. The molecule has 21 heavy (non-hydrogen) atoms. The summed E-state index contributed by atoms with van der Waals surface area (Å²) in [6, 6.07) is 15.5. The predicted octanol–water partition coefficient (Wildman–Crippen LogP) is 4.12. The molecule has 2 aromatic carbocycles. The van der Waals surface area contributed by atoms with E-state index in [-0.39, 0.29) is 11.2 Å². The van der Waals surface area contributed by atoms with E-state index in [0.29, 0.717) is 0 Å². The molecule has 0 unspecified atom stereocenters. The monoisotopic (exact) mass is 301 g/mol. The van der Waals surface area contributed by atoms with Crippen molar-refractivity contribution in [3.05, 3.63) is 54.1 Å². The normalized spacial score (nSPS) is 11.8. The van der Waals surface area contributed by atoms with Gasteiger partial charge in [0, 0.05) is 10.6 Å². The highest BCUT2D eigenvalue weighted by atomic mass is 32.2. The van der Waals surface area contributed by atoms with Crippen LogP contribution in [-0.4, -0.2) is 18.3 Å². The lowest BCUT2D eigenvalue weighted by molar-refractivity contribution is -0.115. The summed E-state index contributed by atoms with van der Waals surface area (Å²) in [4.78, 5) is 13.2. The molecule has 3 nitrogen and oxygen atoms in total. The molecular weight excluding hydrogens is 282 g/mol. The van der Waals surface area contributed by atoms with Gasteiger partial charge in [-0.25, -0.2) is 0 Å². The molecular formula is C17H19NO2S. The lowest BCUT2D eigenvalue weighted by Gasteiger charge is -2.12. The fourth-order valence-electron chi connectivity index (χ4n) is 1.79. The molecule has 1 amide bonds. The fraction of sp³-hybridized carbons (Fsp3) is 0.235. The van der Waals surface area contributed by atoms with Gasteiger partial charge in [-0.3, -0.25) is 4.79 Å². The van der Waals surface area contributed by atoms with Crippen LogP contribution < -0.4 is 10.1 Å². The van der Waals surface area contributed by atoms with E-state index < -0.39 is 0 Å². The van der Waals surface area contributed by atoms with Crippen molar-refractivity contribution in [3.8, 4) is 5.75 Å². The second-order valence-electron chi connectivity index (χ2n) is 4.79. The number of amides is 1. The number of ether oxygens (including phenoxy) is 1. The Balaban J connectivity index is 1.93. The summed E-state index contributed by atoms with van der Waals surface area (Å²) in [5.41, 5.74) is 2.00. The van der Waals surface area contributed by atoms with Crippen LogP contribution in [0.3, 0.4) is 0 Å². The molecule has 0 fully saturated rings. The third-order valence-corrected chi connectivity index (χ3v) is 4.17. The largest absolute Gasteiger partial charge is 0.497 e. The van der Waals surface area contributed by atoms with Crippen molar-refractivity contribution in [2.45, 2.75) is 24.0 Å². The van der Waals surface area contributed by atoms with Crippen LogP contribution in [-0.2, 0) is 4.79 Å². The molecule has 0 bridgehead atoms. The van der Waals surface area contributed by atoms with E-state index in [9.17, 15) is 4.79 Å². The Morgan fingerprint density at radius 3 is 2.29 bits per heavy atom. The Morgan fingerprint density at radius 2 is 1.71 bits per heavy atom. The highest BCUT2D eigenvalue weighted by Gasteiger charge is 2.14. The highest BCUT2D eigenvalue weighted by molar-refractivity contribution is 8.00. The van der Waals surface area contributed by atoms with Gasteiger partial charge >= 0.3 is 0 Å². The first-order valence-electron chi connectivity index (χ1n) is 6.77. The first-order valence-corrected chi connectivity index (χ1v) is 7.64. The average Bonchev–Trinajstić information content (AvgIpc) is 2.50. The Labute approximate surface area is 129 Å². The number of aryl methyl sites for hydroxylation is 1. The van der Waals surface area contributed by atoms with Gasteiger partial charge in [-0.15, -0.1) is 11.8 Å². The molecule has 0 aliphatic heterocycles. The summed E-state index contributed by atoms with van der Waals surface area (Å²) in [7, 11) is 1.64. The van der Waals surface area contributed by atoms with Crippen LogP contribution in [0, 0.1) is 6.92 Å². The smallest absolute Gasteiger partial charge is 0.237 e. The van der Waals surface area contributed by atoms with Gasteiger partial charge in [0.15, 0.2) is 0 Å². The van der Waals surface area contributed by atoms with Gasteiger partial charge in [0.25, 0.3) is 0 Å². The zero-order valence-electron chi connectivity index (χ0n) is 12.4. The summed E-state index contributed by atoms with van der Waals surface area (Å²) in [6.07, 6.45) is 0. The molecule has 0 saturated carbocycles. The van der Waals surface area contributed by atoms with E-state index in [1.165, 1.54) is 17.3 Å². The molecule has 4 heteroatoms. The summed E-state index contributed by atoms with van der Waals surface area (Å²) < 4.78 is 5.12. The number of nitrogens with one attached hydrogen (secondary N) is 1. The molecule has 0 saturated heterocycles. The molecule has 0 heterocycles. The van der Waals surface area contributed by atoms with Gasteiger partial charge in [-0.05, 0) is 50.2 Å². The summed E-state index contributed by atoms with van der Waals surface area (Å²) in [5, 5.41) is 2.76. The zero-order chi connectivity index (χ0) is 15.2. The van der Waals surface area contributed by atoms with E-state index in [2.05, 4.69) is 5.32 Å². The number of carbonyl (C=O) groups is 1. The second-order valence-corrected chi connectivity index (χ2v) is 6.21. The van der Waals surface area contributed by atoms with Crippen molar-refractivity contribution in [2.24, 2.45) is 0 Å². The summed E-state index contributed by atoms with van der Waals surface area (Å²) >= 11 is 1.53. The average molecular weight is 301 g/mol. The quantitative estimate of drug-likeness (QED) is 0.844. The van der Waals surface area contributed by atoms with Gasteiger partial charge in [0.05, 0.1) is 12.4 Å². The number of hydrogen-bond acceptors (Lipinski definition) is 3. The van der Waals surface area contributed by atoms with Crippen molar-refractivity contribution in [1.29, 1.82) is 0 Å². The van der Waals surface area contributed by atoms with Crippen molar-refractivity contribution >= 4 is 23.4 Å². The van der Waals surface area contributed by atoms with Crippen LogP contribution in [0.25, 0.3) is 0 Å². The standard InChI is InChI=1S/C17H19NO2S/c1-12-4-6-14(7-5-12)18-17(19)13(2)21-16-10-8-15(20-3)9-11-16/h4-11,13H,1-3H3,(H,18,19)/t13-/m1/s1. The van der Waals surface area contributed by atoms with Crippen LogP contribution in [0.5, 0.6) is 5.75 Å². The van der Waals surface area contributed by atoms with E-state index in [0.717, 1.165) is 16.3 Å². The molecule has 1 N–H and O–H groups in total. The Morgan fingerprint density at radius 1 is 1.10 bits per heavy atom. The van der Waals surface area contributed by atoms with Crippen LogP contribution in [0.4, 0.5) is 5.69 Å². The molecule has 0 spiro atoms. The maximum atomic E-state index is 12.2. The highest BCUT2D eigenvalue weighted by Crippen LogP contribution is 2.26. The number of hydrogen-bond donors (Lipinski definition) is 1. The number of benzene rings is 2. The van der Waals surface area contributed by atoms with E-state index in [1.54, 1.807) is 7.11 Å². The van der Waals surface area contributed by atoms with Gasteiger partial charge in [0.2, 0.25) is 5.91 Å². The lowest BCUT2D eigenvalue weighted by Crippen LogP contribution is -2.22. The number of thioether (sulfide) groups is 1. The van der Waals surface area contributed by atoms with Gasteiger partial charge in [-0.1, -0.05) is 17.7 Å². The SMILES string of the molecule is COc1ccc(S[C@H](C)C(=O)Nc2ccc(C)cc2)cc1. The van der Waals surface area contributed by atoms with Gasteiger partial charge in [-0.2, -0.15) is 0 Å². The molecule has 2 aromatic rings. The number of carbonyl (C=O) groups excluding carboxylic acids is 1. The molecule has 110 valence electrons. The van der Waals surface area contributed by atoms with E-state index in [1.807, 2.05) is 62.4 Å². The number of anilines is 1. The Bertz CT molecular complexity index is 593. The molecule has 2 rings (SSSR count). The Kier molecular flexibility index (Phi) is 5.28. The minimum absolute atomic E-state index is 0.000305. The summed E-state index contributed by atoms with van der Waals surface area (Å²) in [5.74, 6) is 0.816. The van der Waals surface area contributed by atoms with Crippen LogP contribution in [0.2, 0.25) is 0 Å². The molecule has 0 aromatic heterocycles. The zero-order valence-corrected chi connectivity index (χ0v) is 13.2. The number of methoxy groups -OCH3 is 1. The fourth-order valence-corrected chi connectivity index (χ4v) is 2.66. The molecule has 0 radical (unpaired) electrons. The first kappa shape index (κ1) is 15.4. The minimum Gasteiger partial charge on any atom is -0.497 e. The van der Waals surface area contributed by atoms with Crippen molar-refractivity contribution in [2.75, 3.05) is 12.4 Å². The van der Waals surface area contributed by atoms with Crippen LogP contribution >= 0.6 is 11.8 Å². The maximum absolute atomic E-state index is 12.2.